The van der Waals surface area contributed by atoms with Crippen molar-refractivity contribution in [3.05, 3.63) is 36.4 Å². The minimum absolute atomic E-state index is 0. The number of fused-ring (bicyclic) bond motifs is 1. The van der Waals surface area contributed by atoms with Crippen LogP contribution in [0.2, 0.25) is 0 Å². The van der Waals surface area contributed by atoms with Crippen LogP contribution in [0, 0.1) is 0 Å². The Labute approximate surface area is 173 Å². The first-order valence-corrected chi connectivity index (χ1v) is 8.71. The summed E-state index contributed by atoms with van der Waals surface area (Å²) in [6.45, 7) is 9.00. The van der Waals surface area contributed by atoms with Crippen LogP contribution in [0.25, 0.3) is 10.9 Å². The molecular formula is C19H30IN5O. The van der Waals surface area contributed by atoms with Crippen LogP contribution in [0.4, 0.5) is 5.82 Å². The normalized spacial score (nSPS) is 11.8. The number of aromatic nitrogens is 1. The lowest BCUT2D eigenvalue weighted by molar-refractivity contribution is 0.0311. The minimum Gasteiger partial charge on any atom is -0.377 e. The van der Waals surface area contributed by atoms with Gasteiger partial charge in [-0.15, -0.1) is 24.0 Å². The molecule has 7 heteroatoms. The van der Waals surface area contributed by atoms with Gasteiger partial charge >= 0.3 is 0 Å². The Balaban J connectivity index is 0.00000338. The van der Waals surface area contributed by atoms with Crippen molar-refractivity contribution < 1.29 is 4.74 Å². The third kappa shape index (κ3) is 7.33. The second-order valence-electron chi connectivity index (χ2n) is 6.40. The molecule has 26 heavy (non-hydrogen) atoms. The first kappa shape index (κ1) is 22.4. The molecule has 0 atom stereocenters. The molecule has 1 aromatic heterocycles. The van der Waals surface area contributed by atoms with E-state index in [1.165, 1.54) is 0 Å². The summed E-state index contributed by atoms with van der Waals surface area (Å²) in [7, 11) is 1.70. The van der Waals surface area contributed by atoms with E-state index in [1.54, 1.807) is 7.11 Å². The fraction of sp³-hybridized carbons (Fsp3) is 0.474. The number of nitrogens with zero attached hydrogens (tertiary/aromatic N) is 2. The molecule has 0 aliphatic rings. The van der Waals surface area contributed by atoms with Crippen molar-refractivity contribution >= 4 is 46.7 Å². The molecule has 0 spiro atoms. The lowest BCUT2D eigenvalue weighted by Crippen LogP contribution is -2.41. The van der Waals surface area contributed by atoms with Crippen molar-refractivity contribution in [3.8, 4) is 0 Å². The fourth-order valence-electron chi connectivity index (χ4n) is 2.21. The second-order valence-corrected chi connectivity index (χ2v) is 6.40. The van der Waals surface area contributed by atoms with Gasteiger partial charge in [-0.1, -0.05) is 18.2 Å². The molecule has 2 aromatic rings. The van der Waals surface area contributed by atoms with Crippen molar-refractivity contribution in [2.45, 2.75) is 26.4 Å². The van der Waals surface area contributed by atoms with E-state index in [2.05, 4.69) is 45.0 Å². The number of anilines is 1. The molecule has 0 aliphatic carbocycles. The number of nitrogens with one attached hydrogen (secondary N) is 3. The molecule has 2 rings (SSSR count). The van der Waals surface area contributed by atoms with Gasteiger partial charge in [-0.3, -0.25) is 4.99 Å². The highest BCUT2D eigenvalue weighted by Crippen LogP contribution is 2.14. The van der Waals surface area contributed by atoms with Gasteiger partial charge in [0.1, 0.15) is 5.82 Å². The summed E-state index contributed by atoms with van der Waals surface area (Å²) in [5.74, 6) is 1.67. The summed E-state index contributed by atoms with van der Waals surface area (Å²) in [4.78, 5) is 9.17. The average Bonchev–Trinajstić information content (AvgIpc) is 2.63. The molecule has 0 saturated heterocycles. The van der Waals surface area contributed by atoms with Gasteiger partial charge in [-0.25, -0.2) is 4.98 Å². The third-order valence-corrected chi connectivity index (χ3v) is 3.84. The number of pyridine rings is 1. The Bertz CT molecular complexity index is 705. The fourth-order valence-corrected chi connectivity index (χ4v) is 2.21. The SMILES string of the molecule is CCNC(=NCC(C)(C)OC)NCCNc1ccc2ccccc2n1.I. The van der Waals surface area contributed by atoms with Gasteiger partial charge in [0, 0.05) is 32.1 Å². The zero-order valence-electron chi connectivity index (χ0n) is 16.0. The molecule has 1 aromatic carbocycles. The largest absolute Gasteiger partial charge is 0.377 e. The van der Waals surface area contributed by atoms with Crippen molar-refractivity contribution in [1.29, 1.82) is 0 Å². The Morgan fingerprint density at radius 1 is 1.12 bits per heavy atom. The molecule has 0 aliphatic heterocycles. The molecule has 0 fully saturated rings. The van der Waals surface area contributed by atoms with Gasteiger partial charge in [-0.05, 0) is 39.0 Å². The first-order valence-electron chi connectivity index (χ1n) is 8.71. The van der Waals surface area contributed by atoms with Gasteiger partial charge in [0.05, 0.1) is 17.7 Å². The molecule has 144 valence electrons. The molecule has 6 nitrogen and oxygen atoms in total. The van der Waals surface area contributed by atoms with Gasteiger partial charge in [0.15, 0.2) is 5.96 Å². The standard InChI is InChI=1S/C19H29N5O.HI/c1-5-20-18(23-14-19(2,3)25-4)22-13-12-21-17-11-10-15-8-6-7-9-16(15)24-17;/h6-11H,5,12-14H2,1-4H3,(H,21,24)(H2,20,22,23);1H. The third-order valence-electron chi connectivity index (χ3n) is 3.84. The average molecular weight is 471 g/mol. The van der Waals surface area contributed by atoms with Crippen LogP contribution in [0.3, 0.4) is 0 Å². The number of hydrogen-bond acceptors (Lipinski definition) is 4. The van der Waals surface area contributed by atoms with Crippen molar-refractivity contribution in [1.82, 2.24) is 15.6 Å². The van der Waals surface area contributed by atoms with Crippen LogP contribution in [0.5, 0.6) is 0 Å². The van der Waals surface area contributed by atoms with E-state index >= 15 is 0 Å². The van der Waals surface area contributed by atoms with Crippen LogP contribution in [-0.2, 0) is 4.74 Å². The number of halogens is 1. The van der Waals surface area contributed by atoms with Gasteiger partial charge in [0.2, 0.25) is 0 Å². The van der Waals surface area contributed by atoms with E-state index in [0.29, 0.717) is 6.54 Å². The number of para-hydroxylation sites is 1. The van der Waals surface area contributed by atoms with Crippen LogP contribution >= 0.6 is 24.0 Å². The summed E-state index contributed by atoms with van der Waals surface area (Å²) < 4.78 is 5.40. The van der Waals surface area contributed by atoms with E-state index in [0.717, 1.165) is 42.3 Å². The number of rotatable bonds is 8. The van der Waals surface area contributed by atoms with Crippen molar-refractivity contribution in [2.24, 2.45) is 4.99 Å². The van der Waals surface area contributed by atoms with E-state index in [4.69, 9.17) is 4.74 Å². The highest BCUT2D eigenvalue weighted by atomic mass is 127. The number of aliphatic imine (C=N–C) groups is 1. The van der Waals surface area contributed by atoms with Crippen molar-refractivity contribution in [2.75, 3.05) is 38.6 Å². The van der Waals surface area contributed by atoms with Gasteiger partial charge in [-0.2, -0.15) is 0 Å². The smallest absolute Gasteiger partial charge is 0.191 e. The maximum atomic E-state index is 5.40. The van der Waals surface area contributed by atoms with Crippen LogP contribution in [-0.4, -0.2) is 49.8 Å². The number of ether oxygens (including phenoxy) is 1. The van der Waals surface area contributed by atoms with Gasteiger partial charge < -0.3 is 20.7 Å². The molecular weight excluding hydrogens is 441 g/mol. The summed E-state index contributed by atoms with van der Waals surface area (Å²) in [6.07, 6.45) is 0. The number of methoxy groups -OCH3 is 1. The molecule has 3 N–H and O–H groups in total. The minimum atomic E-state index is -0.268. The Hall–Kier alpha value is -1.61. The second kappa shape index (κ2) is 11.2. The van der Waals surface area contributed by atoms with E-state index < -0.39 is 0 Å². The number of benzene rings is 1. The molecule has 1 heterocycles. The highest BCUT2D eigenvalue weighted by Gasteiger charge is 2.15. The summed E-state index contributed by atoms with van der Waals surface area (Å²) in [5, 5.41) is 11.0. The topological polar surface area (TPSA) is 70.6 Å². The zero-order valence-corrected chi connectivity index (χ0v) is 18.3. The predicted molar refractivity (Wildman–Crippen MR) is 121 cm³/mol. The Kier molecular flexibility index (Phi) is 9.64. The molecule has 0 radical (unpaired) electrons. The molecule has 0 bridgehead atoms. The monoisotopic (exact) mass is 471 g/mol. The van der Waals surface area contributed by atoms with Crippen LogP contribution in [0.1, 0.15) is 20.8 Å². The van der Waals surface area contributed by atoms with Crippen molar-refractivity contribution in [3.63, 3.8) is 0 Å². The summed E-state index contributed by atoms with van der Waals surface area (Å²) in [6, 6.07) is 12.2. The van der Waals surface area contributed by atoms with E-state index in [-0.39, 0.29) is 29.6 Å². The number of hydrogen-bond donors (Lipinski definition) is 3. The number of guanidine groups is 1. The maximum Gasteiger partial charge on any atom is 0.191 e. The molecule has 0 unspecified atom stereocenters. The Morgan fingerprint density at radius 3 is 2.62 bits per heavy atom. The van der Waals surface area contributed by atoms with Gasteiger partial charge in [0.25, 0.3) is 0 Å². The highest BCUT2D eigenvalue weighted by molar-refractivity contribution is 14.0. The summed E-state index contributed by atoms with van der Waals surface area (Å²) in [5.41, 5.74) is 0.729. The predicted octanol–water partition coefficient (Wildman–Crippen LogP) is 3.24. The van der Waals surface area contributed by atoms with Crippen LogP contribution < -0.4 is 16.0 Å². The summed E-state index contributed by atoms with van der Waals surface area (Å²) >= 11 is 0. The van der Waals surface area contributed by atoms with E-state index in [1.807, 2.05) is 38.1 Å². The first-order chi connectivity index (χ1) is 12.0. The lowest BCUT2D eigenvalue weighted by atomic mass is 10.1. The quantitative estimate of drug-likeness (QED) is 0.239. The van der Waals surface area contributed by atoms with E-state index in [9.17, 15) is 0 Å². The maximum absolute atomic E-state index is 5.40. The molecule has 0 amide bonds. The lowest BCUT2D eigenvalue weighted by Gasteiger charge is -2.21. The molecule has 0 saturated carbocycles. The Morgan fingerprint density at radius 2 is 1.88 bits per heavy atom. The van der Waals surface area contributed by atoms with Crippen LogP contribution in [0.15, 0.2) is 41.4 Å². The zero-order chi connectivity index (χ0) is 18.1.